The Hall–Kier alpha value is -2.24. The fourth-order valence-electron chi connectivity index (χ4n) is 1.40. The SMILES string of the molecule is C/C=C(/NC(=O)c1ccc(F)c(CC)n1)C(=O)OC. The van der Waals surface area contributed by atoms with Crippen molar-refractivity contribution in [2.45, 2.75) is 20.3 Å². The van der Waals surface area contributed by atoms with Crippen molar-refractivity contribution in [1.29, 1.82) is 0 Å². The molecule has 1 heterocycles. The maximum atomic E-state index is 13.3. The van der Waals surface area contributed by atoms with E-state index in [-0.39, 0.29) is 17.1 Å². The number of ether oxygens (including phenoxy) is 1. The van der Waals surface area contributed by atoms with E-state index in [4.69, 9.17) is 0 Å². The van der Waals surface area contributed by atoms with Crippen molar-refractivity contribution >= 4 is 11.9 Å². The van der Waals surface area contributed by atoms with Crippen LogP contribution in [0.3, 0.4) is 0 Å². The normalized spacial score (nSPS) is 11.1. The van der Waals surface area contributed by atoms with Crippen LogP contribution in [-0.2, 0) is 16.0 Å². The van der Waals surface area contributed by atoms with Crippen LogP contribution in [0.4, 0.5) is 4.39 Å². The van der Waals surface area contributed by atoms with E-state index in [1.807, 2.05) is 0 Å². The van der Waals surface area contributed by atoms with Crippen LogP contribution in [0.2, 0.25) is 0 Å². The van der Waals surface area contributed by atoms with Crippen molar-refractivity contribution in [1.82, 2.24) is 10.3 Å². The minimum atomic E-state index is -0.659. The summed E-state index contributed by atoms with van der Waals surface area (Å²) in [5.41, 5.74) is 0.255. The van der Waals surface area contributed by atoms with Gasteiger partial charge >= 0.3 is 5.97 Å². The number of amides is 1. The van der Waals surface area contributed by atoms with Gasteiger partial charge in [-0.3, -0.25) is 4.79 Å². The second kappa shape index (κ2) is 6.63. The first-order chi connectivity index (χ1) is 9.03. The minimum absolute atomic E-state index is 0.0108. The van der Waals surface area contributed by atoms with E-state index in [1.165, 1.54) is 25.3 Å². The van der Waals surface area contributed by atoms with Gasteiger partial charge in [0, 0.05) is 0 Å². The molecule has 6 heteroatoms. The molecule has 0 aliphatic rings. The van der Waals surface area contributed by atoms with Gasteiger partial charge in [0.25, 0.3) is 5.91 Å². The molecule has 19 heavy (non-hydrogen) atoms. The number of rotatable bonds is 4. The monoisotopic (exact) mass is 266 g/mol. The highest BCUT2D eigenvalue weighted by molar-refractivity contribution is 5.99. The lowest BCUT2D eigenvalue weighted by Gasteiger charge is -2.08. The zero-order chi connectivity index (χ0) is 14.4. The molecule has 0 bridgehead atoms. The van der Waals surface area contributed by atoms with Crippen LogP contribution >= 0.6 is 0 Å². The number of aryl methyl sites for hydroxylation is 1. The second-order valence-corrected chi connectivity index (χ2v) is 3.63. The molecule has 0 aliphatic heterocycles. The van der Waals surface area contributed by atoms with Gasteiger partial charge in [0.2, 0.25) is 0 Å². The van der Waals surface area contributed by atoms with Crippen molar-refractivity contribution in [3.05, 3.63) is 41.1 Å². The molecule has 0 saturated heterocycles. The van der Waals surface area contributed by atoms with Crippen LogP contribution in [0, 0.1) is 5.82 Å². The fourth-order valence-corrected chi connectivity index (χ4v) is 1.40. The highest BCUT2D eigenvalue weighted by Crippen LogP contribution is 2.07. The average molecular weight is 266 g/mol. The summed E-state index contributed by atoms with van der Waals surface area (Å²) in [7, 11) is 1.21. The molecule has 1 aromatic heterocycles. The van der Waals surface area contributed by atoms with Gasteiger partial charge in [-0.15, -0.1) is 0 Å². The Labute approximate surface area is 110 Å². The van der Waals surface area contributed by atoms with E-state index in [0.717, 1.165) is 0 Å². The number of halogens is 1. The number of esters is 1. The van der Waals surface area contributed by atoms with E-state index in [2.05, 4.69) is 15.0 Å². The average Bonchev–Trinajstić information content (AvgIpc) is 2.44. The number of nitrogens with one attached hydrogen (secondary N) is 1. The highest BCUT2D eigenvalue weighted by Gasteiger charge is 2.15. The number of hydrogen-bond acceptors (Lipinski definition) is 4. The molecule has 0 aliphatic carbocycles. The molecule has 1 aromatic rings. The van der Waals surface area contributed by atoms with Gasteiger partial charge in [-0.25, -0.2) is 14.2 Å². The van der Waals surface area contributed by atoms with Gasteiger partial charge in [-0.05, 0) is 25.5 Å². The fraction of sp³-hybridized carbons (Fsp3) is 0.308. The number of methoxy groups -OCH3 is 1. The predicted octanol–water partition coefficient (Wildman–Crippen LogP) is 1.59. The lowest BCUT2D eigenvalue weighted by molar-refractivity contribution is -0.136. The third-order valence-electron chi connectivity index (χ3n) is 2.43. The summed E-state index contributed by atoms with van der Waals surface area (Å²) in [5, 5.41) is 2.37. The lowest BCUT2D eigenvalue weighted by atomic mass is 10.2. The van der Waals surface area contributed by atoms with E-state index in [0.29, 0.717) is 6.42 Å². The molecule has 5 nitrogen and oxygen atoms in total. The highest BCUT2D eigenvalue weighted by atomic mass is 19.1. The molecule has 0 saturated carbocycles. The van der Waals surface area contributed by atoms with Crippen LogP contribution in [0.5, 0.6) is 0 Å². The van der Waals surface area contributed by atoms with Gasteiger partial charge in [0.1, 0.15) is 17.2 Å². The molecule has 1 N–H and O–H groups in total. The van der Waals surface area contributed by atoms with Gasteiger partial charge in [0.15, 0.2) is 0 Å². The number of allylic oxidation sites excluding steroid dienone is 1. The molecule has 102 valence electrons. The third kappa shape index (κ3) is 3.61. The maximum absolute atomic E-state index is 13.3. The number of carbonyl (C=O) groups is 2. The molecule has 0 aromatic carbocycles. The molecule has 0 spiro atoms. The summed E-state index contributed by atoms with van der Waals surface area (Å²) in [6, 6.07) is 2.43. The first-order valence-corrected chi connectivity index (χ1v) is 5.74. The van der Waals surface area contributed by atoms with Crippen LogP contribution in [0.25, 0.3) is 0 Å². The standard InChI is InChI=1S/C13H15FN2O3/c1-4-9-8(14)6-7-11(15-9)12(17)16-10(5-2)13(18)19-3/h5-7H,4H2,1-3H3,(H,16,17)/b10-5+. The molecule has 0 fully saturated rings. The van der Waals surface area contributed by atoms with Crippen molar-refractivity contribution in [3.8, 4) is 0 Å². The molecule has 0 atom stereocenters. The predicted molar refractivity (Wildman–Crippen MR) is 66.8 cm³/mol. The number of hydrogen-bond donors (Lipinski definition) is 1. The van der Waals surface area contributed by atoms with E-state index < -0.39 is 17.7 Å². The maximum Gasteiger partial charge on any atom is 0.354 e. The van der Waals surface area contributed by atoms with Crippen LogP contribution in [0.15, 0.2) is 23.9 Å². The molecule has 1 amide bonds. The minimum Gasteiger partial charge on any atom is -0.464 e. The number of nitrogens with zero attached hydrogens (tertiary/aromatic N) is 1. The Morgan fingerprint density at radius 1 is 1.47 bits per heavy atom. The second-order valence-electron chi connectivity index (χ2n) is 3.63. The van der Waals surface area contributed by atoms with Crippen molar-refractivity contribution in [3.63, 3.8) is 0 Å². The van der Waals surface area contributed by atoms with Gasteiger partial charge in [-0.1, -0.05) is 13.0 Å². The smallest absolute Gasteiger partial charge is 0.354 e. The van der Waals surface area contributed by atoms with Crippen molar-refractivity contribution in [2.75, 3.05) is 7.11 Å². The van der Waals surface area contributed by atoms with Crippen molar-refractivity contribution in [2.24, 2.45) is 0 Å². The van der Waals surface area contributed by atoms with Gasteiger partial charge < -0.3 is 10.1 Å². The Kier molecular flexibility index (Phi) is 5.17. The summed E-state index contributed by atoms with van der Waals surface area (Å²) in [4.78, 5) is 27.1. The van der Waals surface area contributed by atoms with Gasteiger partial charge in [0.05, 0.1) is 12.8 Å². The summed E-state index contributed by atoms with van der Waals surface area (Å²) < 4.78 is 17.8. The topological polar surface area (TPSA) is 68.3 Å². The largest absolute Gasteiger partial charge is 0.464 e. The Bertz CT molecular complexity index is 527. The van der Waals surface area contributed by atoms with E-state index in [1.54, 1.807) is 13.8 Å². The lowest BCUT2D eigenvalue weighted by Crippen LogP contribution is -2.29. The Morgan fingerprint density at radius 3 is 2.68 bits per heavy atom. The summed E-state index contributed by atoms with van der Waals surface area (Å²) in [5.74, 6) is -1.71. The third-order valence-corrected chi connectivity index (χ3v) is 2.43. The first-order valence-electron chi connectivity index (χ1n) is 5.74. The van der Waals surface area contributed by atoms with E-state index >= 15 is 0 Å². The molecule has 0 radical (unpaired) electrons. The zero-order valence-electron chi connectivity index (χ0n) is 11.0. The van der Waals surface area contributed by atoms with Crippen LogP contribution in [-0.4, -0.2) is 24.0 Å². The molecule has 1 rings (SSSR count). The summed E-state index contributed by atoms with van der Waals surface area (Å²) in [6.07, 6.45) is 1.79. The summed E-state index contributed by atoms with van der Waals surface area (Å²) in [6.45, 7) is 3.32. The quantitative estimate of drug-likeness (QED) is 0.663. The number of carbonyl (C=O) groups excluding carboxylic acids is 2. The zero-order valence-corrected chi connectivity index (χ0v) is 11.0. The van der Waals surface area contributed by atoms with Crippen LogP contribution in [0.1, 0.15) is 30.0 Å². The van der Waals surface area contributed by atoms with E-state index in [9.17, 15) is 14.0 Å². The first kappa shape index (κ1) is 14.8. The Balaban J connectivity index is 2.92. The number of pyridine rings is 1. The molecular weight excluding hydrogens is 251 g/mol. The summed E-state index contributed by atoms with van der Waals surface area (Å²) >= 11 is 0. The van der Waals surface area contributed by atoms with Crippen LogP contribution < -0.4 is 5.32 Å². The van der Waals surface area contributed by atoms with Gasteiger partial charge in [-0.2, -0.15) is 0 Å². The van der Waals surface area contributed by atoms with Crippen molar-refractivity contribution < 1.29 is 18.7 Å². The Morgan fingerprint density at radius 2 is 2.16 bits per heavy atom. The molecular formula is C13H15FN2O3. The number of aromatic nitrogens is 1. The molecule has 0 unspecified atom stereocenters.